The van der Waals surface area contributed by atoms with Gasteiger partial charge in [0.15, 0.2) is 0 Å². The minimum absolute atomic E-state index is 0.0400. The van der Waals surface area contributed by atoms with Crippen molar-refractivity contribution in [2.45, 2.75) is 32.3 Å². The van der Waals surface area contributed by atoms with Crippen molar-refractivity contribution in [3.8, 4) is 0 Å². The number of likely N-dealkylation sites (tertiary alicyclic amines) is 1. The third-order valence-electron chi connectivity index (χ3n) is 4.76. The molecule has 0 aromatic carbocycles. The molecule has 0 saturated carbocycles. The summed E-state index contributed by atoms with van der Waals surface area (Å²) in [4.78, 5) is 31.7. The first-order chi connectivity index (χ1) is 11.5. The van der Waals surface area contributed by atoms with Crippen LogP contribution in [0.3, 0.4) is 0 Å². The smallest absolute Gasteiger partial charge is 0.222 e. The molecule has 6 heteroatoms. The maximum absolute atomic E-state index is 12.5. The number of aromatic nitrogens is 1. The molecule has 1 aromatic heterocycles. The highest BCUT2D eigenvalue weighted by atomic mass is 16.5. The highest BCUT2D eigenvalue weighted by molar-refractivity contribution is 5.77. The highest BCUT2D eigenvalue weighted by Gasteiger charge is 2.32. The lowest BCUT2D eigenvalue weighted by Gasteiger charge is -2.37. The summed E-state index contributed by atoms with van der Waals surface area (Å²) in [6.45, 7) is 3.55. The van der Waals surface area contributed by atoms with E-state index in [9.17, 15) is 9.59 Å². The minimum Gasteiger partial charge on any atom is -0.381 e. The predicted molar refractivity (Wildman–Crippen MR) is 91.4 cm³/mol. The topological polar surface area (TPSA) is 62.7 Å². The second-order valence-electron chi connectivity index (χ2n) is 6.41. The van der Waals surface area contributed by atoms with Crippen LogP contribution in [-0.2, 0) is 20.7 Å². The maximum atomic E-state index is 12.5. The molecular formula is C18H27N3O3. The van der Waals surface area contributed by atoms with E-state index >= 15 is 0 Å². The Morgan fingerprint density at radius 3 is 2.71 bits per heavy atom. The van der Waals surface area contributed by atoms with Crippen LogP contribution in [0.1, 0.15) is 25.3 Å². The molecule has 0 radical (unpaired) electrons. The Labute approximate surface area is 143 Å². The minimum atomic E-state index is 0.0400. The molecule has 1 aromatic rings. The molecule has 0 bridgehead atoms. The zero-order valence-electron chi connectivity index (χ0n) is 14.8. The molecule has 2 atom stereocenters. The van der Waals surface area contributed by atoms with Gasteiger partial charge in [0.05, 0.1) is 6.10 Å². The molecule has 1 aliphatic rings. The lowest BCUT2D eigenvalue weighted by molar-refractivity contribution is -0.138. The van der Waals surface area contributed by atoms with E-state index in [1.54, 1.807) is 31.3 Å². The second-order valence-corrected chi connectivity index (χ2v) is 6.41. The predicted octanol–water partition coefficient (Wildman–Crippen LogP) is 1.36. The molecule has 2 rings (SSSR count). The number of carbonyl (C=O) groups is 2. The molecule has 0 N–H and O–H groups in total. The van der Waals surface area contributed by atoms with Crippen molar-refractivity contribution >= 4 is 11.8 Å². The van der Waals surface area contributed by atoms with Crippen molar-refractivity contribution < 1.29 is 14.3 Å². The van der Waals surface area contributed by atoms with E-state index in [-0.39, 0.29) is 23.8 Å². The van der Waals surface area contributed by atoms with Crippen LogP contribution in [0.25, 0.3) is 0 Å². The summed E-state index contributed by atoms with van der Waals surface area (Å²) in [6.07, 6.45) is 5.57. The Kier molecular flexibility index (Phi) is 6.73. The molecule has 6 nitrogen and oxygen atoms in total. The van der Waals surface area contributed by atoms with Gasteiger partial charge in [0.1, 0.15) is 0 Å². The zero-order chi connectivity index (χ0) is 17.5. The monoisotopic (exact) mass is 333 g/mol. The average molecular weight is 333 g/mol. The Morgan fingerprint density at radius 1 is 1.38 bits per heavy atom. The normalized spacial score (nSPS) is 20.7. The van der Waals surface area contributed by atoms with E-state index in [1.807, 2.05) is 24.1 Å². The molecule has 1 saturated heterocycles. The molecule has 0 aliphatic carbocycles. The third-order valence-corrected chi connectivity index (χ3v) is 4.76. The molecule has 0 unspecified atom stereocenters. The number of piperidine rings is 1. The van der Waals surface area contributed by atoms with E-state index in [0.717, 1.165) is 12.8 Å². The standard InChI is InChI=1S/C18H27N3O3/c1-14(22)21-11-7-17(24-3)16(13-21)12-18(23)20(2)10-6-15-4-8-19-9-5-15/h4-5,8-9,16-17H,6-7,10-13H2,1-3H3/t16-,17-/m1/s1. The fourth-order valence-corrected chi connectivity index (χ4v) is 3.15. The van der Waals surface area contributed by atoms with Crippen molar-refractivity contribution in [2.24, 2.45) is 5.92 Å². The molecule has 24 heavy (non-hydrogen) atoms. The van der Waals surface area contributed by atoms with Crippen LogP contribution < -0.4 is 0 Å². The largest absolute Gasteiger partial charge is 0.381 e. The average Bonchev–Trinajstić information content (AvgIpc) is 2.60. The van der Waals surface area contributed by atoms with Crippen molar-refractivity contribution in [1.82, 2.24) is 14.8 Å². The van der Waals surface area contributed by atoms with Crippen molar-refractivity contribution in [1.29, 1.82) is 0 Å². The summed E-state index contributed by atoms with van der Waals surface area (Å²) in [5.41, 5.74) is 1.17. The van der Waals surface area contributed by atoms with Gasteiger partial charge in [-0.2, -0.15) is 0 Å². The van der Waals surface area contributed by atoms with Gasteiger partial charge in [-0.15, -0.1) is 0 Å². The fourth-order valence-electron chi connectivity index (χ4n) is 3.15. The Balaban J connectivity index is 1.87. The van der Waals surface area contributed by atoms with Crippen LogP contribution >= 0.6 is 0 Å². The van der Waals surface area contributed by atoms with Crippen molar-refractivity contribution in [3.63, 3.8) is 0 Å². The van der Waals surface area contributed by atoms with Crippen LogP contribution in [0.4, 0.5) is 0 Å². The summed E-state index contributed by atoms with van der Waals surface area (Å²) in [5, 5.41) is 0. The first-order valence-electron chi connectivity index (χ1n) is 8.42. The SMILES string of the molecule is CO[C@@H]1CCN(C(C)=O)C[C@H]1CC(=O)N(C)CCc1ccncc1. The fraction of sp³-hybridized carbons (Fsp3) is 0.611. The first kappa shape index (κ1) is 18.4. The Hall–Kier alpha value is -1.95. The van der Waals surface area contributed by atoms with Crippen LogP contribution in [0.2, 0.25) is 0 Å². The van der Waals surface area contributed by atoms with Gasteiger partial charge in [-0.3, -0.25) is 14.6 Å². The molecular weight excluding hydrogens is 306 g/mol. The number of hydrogen-bond acceptors (Lipinski definition) is 4. The number of carbonyl (C=O) groups excluding carboxylic acids is 2. The van der Waals surface area contributed by atoms with Crippen LogP contribution in [0.5, 0.6) is 0 Å². The highest BCUT2D eigenvalue weighted by Crippen LogP contribution is 2.23. The number of nitrogens with zero attached hydrogens (tertiary/aromatic N) is 3. The van der Waals surface area contributed by atoms with Crippen LogP contribution in [-0.4, -0.2) is 66.5 Å². The quantitative estimate of drug-likeness (QED) is 0.788. The van der Waals surface area contributed by atoms with Gasteiger partial charge >= 0.3 is 0 Å². The van der Waals surface area contributed by atoms with Gasteiger partial charge in [-0.25, -0.2) is 0 Å². The number of methoxy groups -OCH3 is 1. The second kappa shape index (κ2) is 8.78. The van der Waals surface area contributed by atoms with E-state index < -0.39 is 0 Å². The van der Waals surface area contributed by atoms with Gasteiger partial charge in [-0.1, -0.05) is 0 Å². The van der Waals surface area contributed by atoms with E-state index in [2.05, 4.69) is 4.98 Å². The lowest BCUT2D eigenvalue weighted by Crippen LogP contribution is -2.47. The maximum Gasteiger partial charge on any atom is 0.222 e. The Bertz CT molecular complexity index is 550. The van der Waals surface area contributed by atoms with Gasteiger partial charge < -0.3 is 14.5 Å². The molecule has 0 spiro atoms. The van der Waals surface area contributed by atoms with Crippen LogP contribution in [0, 0.1) is 5.92 Å². The number of pyridine rings is 1. The van der Waals surface area contributed by atoms with Gasteiger partial charge in [0.2, 0.25) is 11.8 Å². The first-order valence-corrected chi connectivity index (χ1v) is 8.42. The summed E-state index contributed by atoms with van der Waals surface area (Å²) in [6, 6.07) is 3.93. The van der Waals surface area contributed by atoms with E-state index in [4.69, 9.17) is 4.74 Å². The lowest BCUT2D eigenvalue weighted by atomic mass is 9.91. The summed E-state index contributed by atoms with van der Waals surface area (Å²) >= 11 is 0. The molecule has 132 valence electrons. The number of amides is 2. The summed E-state index contributed by atoms with van der Waals surface area (Å²) < 4.78 is 5.53. The molecule has 2 heterocycles. The van der Waals surface area contributed by atoms with Crippen molar-refractivity contribution in [2.75, 3.05) is 33.8 Å². The van der Waals surface area contributed by atoms with Gasteiger partial charge in [0.25, 0.3) is 0 Å². The zero-order valence-corrected chi connectivity index (χ0v) is 14.8. The number of hydrogen-bond donors (Lipinski definition) is 0. The summed E-state index contributed by atoms with van der Waals surface area (Å²) in [7, 11) is 3.51. The number of ether oxygens (including phenoxy) is 1. The van der Waals surface area contributed by atoms with Gasteiger partial charge in [0, 0.05) is 65.4 Å². The Morgan fingerprint density at radius 2 is 2.08 bits per heavy atom. The third kappa shape index (κ3) is 5.03. The van der Waals surface area contributed by atoms with E-state index in [0.29, 0.717) is 26.1 Å². The molecule has 1 fully saturated rings. The van der Waals surface area contributed by atoms with Crippen molar-refractivity contribution in [3.05, 3.63) is 30.1 Å². The number of likely N-dealkylation sites (N-methyl/N-ethyl adjacent to an activating group) is 1. The van der Waals surface area contributed by atoms with Gasteiger partial charge in [-0.05, 0) is 30.5 Å². The van der Waals surface area contributed by atoms with E-state index in [1.165, 1.54) is 5.56 Å². The number of rotatable bonds is 6. The molecule has 2 amide bonds. The summed E-state index contributed by atoms with van der Waals surface area (Å²) in [5.74, 6) is 0.220. The molecule has 1 aliphatic heterocycles. The van der Waals surface area contributed by atoms with Crippen LogP contribution in [0.15, 0.2) is 24.5 Å².